The molecule has 0 saturated heterocycles. The number of ether oxygens (including phenoxy) is 1. The fourth-order valence-electron chi connectivity index (χ4n) is 1.13. The fraction of sp³-hybridized carbons (Fsp3) is 0.455. The third-order valence-electron chi connectivity index (χ3n) is 1.97. The summed E-state index contributed by atoms with van der Waals surface area (Å²) in [4.78, 5) is 0. The molecule has 1 aromatic carbocycles. The number of benzene rings is 1. The highest BCUT2D eigenvalue weighted by molar-refractivity contribution is 6.31. The minimum atomic E-state index is 0.546. The predicted octanol–water partition coefficient (Wildman–Crippen LogP) is 3.24. The predicted molar refractivity (Wildman–Crippen MR) is 60.4 cm³/mol. The van der Waals surface area contributed by atoms with Crippen LogP contribution in [0, 0.1) is 0 Å². The van der Waals surface area contributed by atoms with Gasteiger partial charge in [0.05, 0.1) is 6.61 Å². The monoisotopic (exact) mass is 213 g/mol. The van der Waals surface area contributed by atoms with Gasteiger partial charge in [0.2, 0.25) is 0 Å². The summed E-state index contributed by atoms with van der Waals surface area (Å²) in [6.07, 6.45) is 2.23. The van der Waals surface area contributed by atoms with Crippen LogP contribution >= 0.6 is 11.6 Å². The summed E-state index contributed by atoms with van der Waals surface area (Å²) < 4.78 is 5.46. The van der Waals surface area contributed by atoms with Gasteiger partial charge in [0.15, 0.2) is 0 Å². The Morgan fingerprint density at radius 2 is 2.21 bits per heavy atom. The molecule has 3 heteroatoms. The summed E-state index contributed by atoms with van der Waals surface area (Å²) in [7, 11) is 0. The standard InChI is InChI=1S/C11H16ClNO/c1-2-3-6-14-8-9-7-10(13)4-5-11(9)12/h4-5,7H,2-3,6,8,13H2,1H3. The second kappa shape index (κ2) is 5.89. The summed E-state index contributed by atoms with van der Waals surface area (Å²) in [6.45, 7) is 3.46. The molecule has 0 amide bonds. The largest absolute Gasteiger partial charge is 0.399 e. The molecule has 0 fully saturated rings. The number of unbranched alkanes of at least 4 members (excludes halogenated alkanes) is 1. The van der Waals surface area contributed by atoms with Gasteiger partial charge in [0.25, 0.3) is 0 Å². The number of rotatable bonds is 5. The third kappa shape index (κ3) is 3.56. The first-order chi connectivity index (χ1) is 6.74. The van der Waals surface area contributed by atoms with E-state index >= 15 is 0 Å². The van der Waals surface area contributed by atoms with Crippen molar-refractivity contribution >= 4 is 17.3 Å². The van der Waals surface area contributed by atoms with Crippen molar-refractivity contribution in [2.75, 3.05) is 12.3 Å². The van der Waals surface area contributed by atoms with E-state index in [1.54, 1.807) is 12.1 Å². The van der Waals surface area contributed by atoms with Crippen LogP contribution in [0.4, 0.5) is 5.69 Å². The van der Waals surface area contributed by atoms with Crippen molar-refractivity contribution in [1.82, 2.24) is 0 Å². The highest BCUT2D eigenvalue weighted by Gasteiger charge is 2.00. The van der Waals surface area contributed by atoms with Crippen molar-refractivity contribution in [3.05, 3.63) is 28.8 Å². The van der Waals surface area contributed by atoms with E-state index in [1.807, 2.05) is 6.07 Å². The number of hydrogen-bond acceptors (Lipinski definition) is 2. The summed E-state index contributed by atoms with van der Waals surface area (Å²) in [6, 6.07) is 5.45. The molecule has 1 aromatic rings. The number of anilines is 1. The van der Waals surface area contributed by atoms with Gasteiger partial charge < -0.3 is 10.5 Å². The number of nitrogens with two attached hydrogens (primary N) is 1. The molecule has 2 N–H and O–H groups in total. The molecule has 2 nitrogen and oxygen atoms in total. The van der Waals surface area contributed by atoms with Crippen LogP contribution in [0.25, 0.3) is 0 Å². The van der Waals surface area contributed by atoms with Crippen LogP contribution in [0.2, 0.25) is 5.02 Å². The molecule has 0 saturated carbocycles. The van der Waals surface area contributed by atoms with Crippen molar-refractivity contribution in [2.45, 2.75) is 26.4 Å². The lowest BCUT2D eigenvalue weighted by Gasteiger charge is -2.06. The first-order valence-electron chi connectivity index (χ1n) is 4.85. The lowest BCUT2D eigenvalue weighted by molar-refractivity contribution is 0.118. The van der Waals surface area contributed by atoms with Crippen LogP contribution in [0.15, 0.2) is 18.2 Å². The Bertz CT molecular complexity index is 289. The van der Waals surface area contributed by atoms with Gasteiger partial charge in [-0.2, -0.15) is 0 Å². The van der Waals surface area contributed by atoms with Gasteiger partial charge >= 0.3 is 0 Å². The van der Waals surface area contributed by atoms with E-state index in [0.29, 0.717) is 6.61 Å². The van der Waals surface area contributed by atoms with E-state index in [1.165, 1.54) is 0 Å². The first kappa shape index (κ1) is 11.3. The lowest BCUT2D eigenvalue weighted by atomic mass is 10.2. The fourth-order valence-corrected chi connectivity index (χ4v) is 1.31. The van der Waals surface area contributed by atoms with Crippen molar-refractivity contribution in [3.8, 4) is 0 Å². The van der Waals surface area contributed by atoms with Crippen LogP contribution in [0.1, 0.15) is 25.3 Å². The van der Waals surface area contributed by atoms with Gasteiger partial charge in [-0.25, -0.2) is 0 Å². The Morgan fingerprint density at radius 1 is 1.43 bits per heavy atom. The summed E-state index contributed by atoms with van der Waals surface area (Å²) >= 11 is 5.97. The molecule has 0 aliphatic heterocycles. The van der Waals surface area contributed by atoms with E-state index in [2.05, 4.69) is 6.92 Å². The Balaban J connectivity index is 2.45. The van der Waals surface area contributed by atoms with E-state index in [4.69, 9.17) is 22.1 Å². The van der Waals surface area contributed by atoms with E-state index in [9.17, 15) is 0 Å². The maximum Gasteiger partial charge on any atom is 0.0732 e. The van der Waals surface area contributed by atoms with Crippen molar-refractivity contribution in [2.24, 2.45) is 0 Å². The molecule has 0 radical (unpaired) electrons. The molecule has 0 aliphatic rings. The smallest absolute Gasteiger partial charge is 0.0732 e. The topological polar surface area (TPSA) is 35.2 Å². The minimum Gasteiger partial charge on any atom is -0.399 e. The Morgan fingerprint density at radius 3 is 2.93 bits per heavy atom. The Labute approximate surface area is 90.0 Å². The van der Waals surface area contributed by atoms with Crippen LogP contribution in [0.3, 0.4) is 0 Å². The van der Waals surface area contributed by atoms with E-state index < -0.39 is 0 Å². The molecule has 0 atom stereocenters. The average molecular weight is 214 g/mol. The van der Waals surface area contributed by atoms with E-state index in [-0.39, 0.29) is 0 Å². The number of nitrogen functional groups attached to an aromatic ring is 1. The lowest BCUT2D eigenvalue weighted by Crippen LogP contribution is -1.97. The summed E-state index contributed by atoms with van der Waals surface area (Å²) in [5, 5.41) is 0.718. The maximum atomic E-state index is 5.97. The number of hydrogen-bond donors (Lipinski definition) is 1. The van der Waals surface area contributed by atoms with Gasteiger partial charge in [-0.1, -0.05) is 24.9 Å². The molecule has 0 unspecified atom stereocenters. The first-order valence-corrected chi connectivity index (χ1v) is 5.23. The molecule has 0 heterocycles. The van der Waals surface area contributed by atoms with Gasteiger partial charge in [0.1, 0.15) is 0 Å². The SMILES string of the molecule is CCCCOCc1cc(N)ccc1Cl. The summed E-state index contributed by atoms with van der Waals surface area (Å²) in [5.74, 6) is 0. The zero-order valence-electron chi connectivity index (χ0n) is 8.42. The quantitative estimate of drug-likeness (QED) is 0.602. The second-order valence-corrected chi connectivity index (χ2v) is 3.66. The van der Waals surface area contributed by atoms with Crippen molar-refractivity contribution < 1.29 is 4.74 Å². The summed E-state index contributed by atoms with van der Waals surface area (Å²) in [5.41, 5.74) is 7.33. The number of halogens is 1. The maximum absolute atomic E-state index is 5.97. The van der Waals surface area contributed by atoms with Crippen molar-refractivity contribution in [3.63, 3.8) is 0 Å². The average Bonchev–Trinajstić information content (AvgIpc) is 2.18. The van der Waals surface area contributed by atoms with Crippen molar-refractivity contribution in [1.29, 1.82) is 0 Å². The minimum absolute atomic E-state index is 0.546. The van der Waals surface area contributed by atoms with Crippen LogP contribution < -0.4 is 5.73 Å². The third-order valence-corrected chi connectivity index (χ3v) is 2.34. The Hall–Kier alpha value is -0.730. The van der Waals surface area contributed by atoms with Crippen LogP contribution in [-0.4, -0.2) is 6.61 Å². The normalized spacial score (nSPS) is 10.4. The van der Waals surface area contributed by atoms with Gasteiger partial charge in [0, 0.05) is 17.3 Å². The highest BCUT2D eigenvalue weighted by atomic mass is 35.5. The molecule has 14 heavy (non-hydrogen) atoms. The molecule has 78 valence electrons. The highest BCUT2D eigenvalue weighted by Crippen LogP contribution is 2.19. The zero-order valence-corrected chi connectivity index (χ0v) is 9.18. The van der Waals surface area contributed by atoms with Gasteiger partial charge in [-0.05, 0) is 30.2 Å². The van der Waals surface area contributed by atoms with Gasteiger partial charge in [-0.15, -0.1) is 0 Å². The molecular formula is C11H16ClNO. The van der Waals surface area contributed by atoms with E-state index in [0.717, 1.165) is 35.7 Å². The Kier molecular flexibility index (Phi) is 4.77. The van der Waals surface area contributed by atoms with Crippen LogP contribution in [0.5, 0.6) is 0 Å². The molecule has 0 spiro atoms. The molecule has 1 rings (SSSR count). The molecular weight excluding hydrogens is 198 g/mol. The van der Waals surface area contributed by atoms with Gasteiger partial charge in [-0.3, -0.25) is 0 Å². The molecule has 0 bridgehead atoms. The molecule has 0 aliphatic carbocycles. The zero-order chi connectivity index (χ0) is 10.4. The molecule has 0 aromatic heterocycles. The van der Waals surface area contributed by atoms with Crippen LogP contribution in [-0.2, 0) is 11.3 Å². The second-order valence-electron chi connectivity index (χ2n) is 3.26.